The van der Waals surface area contributed by atoms with Crippen molar-refractivity contribution in [2.75, 3.05) is 13.4 Å². The van der Waals surface area contributed by atoms with Gasteiger partial charge in [-0.25, -0.2) is 0 Å². The van der Waals surface area contributed by atoms with Gasteiger partial charge in [-0.15, -0.1) is 10.2 Å². The number of hydrogen-bond acceptors (Lipinski definition) is 6. The van der Waals surface area contributed by atoms with Crippen molar-refractivity contribution in [1.82, 2.24) is 14.9 Å². The zero-order valence-electron chi connectivity index (χ0n) is 12.7. The molecule has 0 aliphatic rings. The third-order valence-corrected chi connectivity index (χ3v) is 3.84. The second-order valence-corrected chi connectivity index (χ2v) is 5.99. The molecule has 6 nitrogen and oxygen atoms in total. The Labute approximate surface area is 138 Å². The van der Waals surface area contributed by atoms with Crippen LogP contribution in [0.25, 0.3) is 0 Å². The zero-order chi connectivity index (χ0) is 16.3. The molecule has 8 heteroatoms. The molecule has 1 aromatic heterocycles. The highest BCUT2D eigenvalue weighted by Gasteiger charge is 2.14. The molecule has 0 aliphatic heterocycles. The van der Waals surface area contributed by atoms with E-state index in [1.165, 1.54) is 18.9 Å². The van der Waals surface area contributed by atoms with Crippen LogP contribution in [0.2, 0.25) is 5.02 Å². The van der Waals surface area contributed by atoms with Gasteiger partial charge in [-0.2, -0.15) is 9.78 Å². The van der Waals surface area contributed by atoms with Crippen LogP contribution in [0, 0.1) is 0 Å². The first-order valence-corrected chi connectivity index (χ1v) is 8.18. The standard InChI is InChI=1S/C14H17ClN4O2S/c1-8(2)13-17-18-14(22-4)19(13)16-7-9-5-10(15)12(20)11(6-9)21-3/h5-8,20H,1-4H3/b16-7-. The van der Waals surface area contributed by atoms with Gasteiger partial charge in [0.1, 0.15) is 0 Å². The van der Waals surface area contributed by atoms with Gasteiger partial charge in [0.2, 0.25) is 5.16 Å². The Hall–Kier alpha value is -1.73. The maximum atomic E-state index is 9.74. The predicted molar refractivity (Wildman–Crippen MR) is 88.6 cm³/mol. The van der Waals surface area contributed by atoms with E-state index in [4.69, 9.17) is 16.3 Å². The number of hydrogen-bond donors (Lipinski definition) is 1. The molecular formula is C14H17ClN4O2S. The number of aromatic hydroxyl groups is 1. The third-order valence-electron chi connectivity index (χ3n) is 2.93. The molecule has 0 aliphatic carbocycles. The molecule has 2 rings (SSSR count). The SMILES string of the molecule is COc1cc(/C=N\n2c(SC)nnc2C(C)C)cc(Cl)c1O. The topological polar surface area (TPSA) is 72.5 Å². The minimum Gasteiger partial charge on any atom is -0.503 e. The van der Waals surface area contributed by atoms with Crippen molar-refractivity contribution in [3.63, 3.8) is 0 Å². The Bertz CT molecular complexity index is 700. The van der Waals surface area contributed by atoms with Crippen molar-refractivity contribution in [1.29, 1.82) is 0 Å². The average Bonchev–Trinajstić information content (AvgIpc) is 2.91. The van der Waals surface area contributed by atoms with Crippen LogP contribution in [0.3, 0.4) is 0 Å². The van der Waals surface area contributed by atoms with E-state index in [2.05, 4.69) is 15.3 Å². The second-order valence-electron chi connectivity index (χ2n) is 4.81. The van der Waals surface area contributed by atoms with Gasteiger partial charge >= 0.3 is 0 Å². The number of benzene rings is 1. The molecule has 22 heavy (non-hydrogen) atoms. The lowest BCUT2D eigenvalue weighted by atomic mass is 10.2. The largest absolute Gasteiger partial charge is 0.503 e. The van der Waals surface area contributed by atoms with Gasteiger partial charge < -0.3 is 9.84 Å². The van der Waals surface area contributed by atoms with E-state index >= 15 is 0 Å². The highest BCUT2D eigenvalue weighted by molar-refractivity contribution is 7.98. The maximum absolute atomic E-state index is 9.74. The van der Waals surface area contributed by atoms with Gasteiger partial charge in [0.05, 0.1) is 18.3 Å². The van der Waals surface area contributed by atoms with Crippen molar-refractivity contribution in [3.8, 4) is 11.5 Å². The highest BCUT2D eigenvalue weighted by atomic mass is 35.5. The summed E-state index contributed by atoms with van der Waals surface area (Å²) < 4.78 is 6.78. The van der Waals surface area contributed by atoms with Gasteiger partial charge in [-0.05, 0) is 24.0 Å². The normalized spacial score (nSPS) is 11.5. The highest BCUT2D eigenvalue weighted by Crippen LogP contribution is 2.34. The lowest BCUT2D eigenvalue weighted by Crippen LogP contribution is -2.02. The average molecular weight is 341 g/mol. The van der Waals surface area contributed by atoms with E-state index in [0.29, 0.717) is 16.5 Å². The summed E-state index contributed by atoms with van der Waals surface area (Å²) in [6, 6.07) is 3.27. The van der Waals surface area contributed by atoms with E-state index in [-0.39, 0.29) is 16.7 Å². The summed E-state index contributed by atoms with van der Waals surface area (Å²) in [4.78, 5) is 0. The fourth-order valence-electron chi connectivity index (χ4n) is 1.82. The van der Waals surface area contributed by atoms with Crippen LogP contribution >= 0.6 is 23.4 Å². The quantitative estimate of drug-likeness (QED) is 0.667. The number of nitrogens with zero attached hydrogens (tertiary/aromatic N) is 4. The molecule has 2 aromatic rings. The van der Waals surface area contributed by atoms with Crippen molar-refractivity contribution in [2.45, 2.75) is 24.9 Å². The molecule has 0 saturated heterocycles. The van der Waals surface area contributed by atoms with Gasteiger partial charge in [0.15, 0.2) is 17.3 Å². The molecule has 0 bridgehead atoms. The molecule has 0 unspecified atom stereocenters. The number of ether oxygens (including phenoxy) is 1. The molecule has 0 fully saturated rings. The third kappa shape index (κ3) is 3.36. The first kappa shape index (κ1) is 16.6. The number of phenols is 1. The summed E-state index contributed by atoms with van der Waals surface area (Å²) in [5, 5.41) is 23.3. The minimum absolute atomic E-state index is 0.0849. The molecule has 0 amide bonds. The van der Waals surface area contributed by atoms with Crippen LogP contribution in [-0.4, -0.2) is 39.6 Å². The number of thioether (sulfide) groups is 1. The summed E-state index contributed by atoms with van der Waals surface area (Å²) in [6.07, 6.45) is 3.55. The van der Waals surface area contributed by atoms with Gasteiger partial charge in [-0.3, -0.25) is 0 Å². The number of aromatic nitrogens is 3. The monoisotopic (exact) mass is 340 g/mol. The Morgan fingerprint density at radius 2 is 2.14 bits per heavy atom. The summed E-state index contributed by atoms with van der Waals surface area (Å²) in [7, 11) is 1.47. The first-order valence-electron chi connectivity index (χ1n) is 6.58. The van der Waals surface area contributed by atoms with Gasteiger partial charge in [-0.1, -0.05) is 37.2 Å². The van der Waals surface area contributed by atoms with Crippen LogP contribution in [-0.2, 0) is 0 Å². The smallest absolute Gasteiger partial charge is 0.211 e. The Morgan fingerprint density at radius 3 is 2.73 bits per heavy atom. The molecule has 1 aromatic carbocycles. The van der Waals surface area contributed by atoms with E-state index in [0.717, 1.165) is 5.82 Å². The fraction of sp³-hybridized carbons (Fsp3) is 0.357. The Morgan fingerprint density at radius 1 is 1.41 bits per heavy atom. The van der Waals surface area contributed by atoms with Crippen LogP contribution in [0.5, 0.6) is 11.5 Å². The van der Waals surface area contributed by atoms with E-state index in [9.17, 15) is 5.11 Å². The van der Waals surface area contributed by atoms with Crippen molar-refractivity contribution >= 4 is 29.6 Å². The lowest BCUT2D eigenvalue weighted by Gasteiger charge is -2.07. The maximum Gasteiger partial charge on any atom is 0.211 e. The molecule has 0 radical (unpaired) electrons. The lowest BCUT2D eigenvalue weighted by molar-refractivity contribution is 0.373. The summed E-state index contributed by atoms with van der Waals surface area (Å²) in [5.41, 5.74) is 0.704. The minimum atomic E-state index is -0.0849. The summed E-state index contributed by atoms with van der Waals surface area (Å²) in [6.45, 7) is 4.06. The molecule has 1 heterocycles. The Kier molecular flexibility index (Phi) is 5.31. The molecule has 1 N–H and O–H groups in total. The van der Waals surface area contributed by atoms with E-state index in [1.54, 1.807) is 23.0 Å². The molecule has 0 saturated carbocycles. The van der Waals surface area contributed by atoms with Crippen molar-refractivity contribution < 1.29 is 9.84 Å². The fourth-order valence-corrected chi connectivity index (χ4v) is 2.48. The van der Waals surface area contributed by atoms with Gasteiger partial charge in [0, 0.05) is 5.92 Å². The molecule has 0 spiro atoms. The van der Waals surface area contributed by atoms with Crippen LogP contribution < -0.4 is 4.74 Å². The Balaban J connectivity index is 2.41. The second kappa shape index (κ2) is 7.02. The van der Waals surface area contributed by atoms with E-state index < -0.39 is 0 Å². The van der Waals surface area contributed by atoms with Crippen LogP contribution in [0.4, 0.5) is 0 Å². The van der Waals surface area contributed by atoms with Crippen molar-refractivity contribution in [2.24, 2.45) is 5.10 Å². The summed E-state index contributed by atoms with van der Waals surface area (Å²) >= 11 is 7.44. The number of rotatable bonds is 5. The predicted octanol–water partition coefficient (Wildman–Crippen LogP) is 3.37. The van der Waals surface area contributed by atoms with Crippen LogP contribution in [0.1, 0.15) is 31.2 Å². The van der Waals surface area contributed by atoms with Gasteiger partial charge in [0.25, 0.3) is 0 Å². The number of methoxy groups -OCH3 is 1. The molecular weight excluding hydrogens is 324 g/mol. The van der Waals surface area contributed by atoms with E-state index in [1.807, 2.05) is 20.1 Å². The number of phenolic OH excluding ortho intramolecular Hbond substituents is 1. The molecule has 0 atom stereocenters. The molecule has 118 valence electrons. The summed E-state index contributed by atoms with van der Waals surface area (Å²) in [5.74, 6) is 1.19. The zero-order valence-corrected chi connectivity index (χ0v) is 14.3. The van der Waals surface area contributed by atoms with Crippen molar-refractivity contribution in [3.05, 3.63) is 28.5 Å². The first-order chi connectivity index (χ1) is 10.5. The van der Waals surface area contributed by atoms with Crippen LogP contribution in [0.15, 0.2) is 22.4 Å². The number of halogens is 1.